The van der Waals surface area contributed by atoms with Gasteiger partial charge in [0.2, 0.25) is 5.91 Å². The summed E-state index contributed by atoms with van der Waals surface area (Å²) in [5.74, 6) is -0.739. The first-order chi connectivity index (χ1) is 13.4. The summed E-state index contributed by atoms with van der Waals surface area (Å²) in [4.78, 5) is 26.9. The van der Waals surface area contributed by atoms with Crippen LogP contribution in [-0.4, -0.2) is 46.6 Å². The van der Waals surface area contributed by atoms with Crippen LogP contribution < -0.4 is 5.32 Å². The number of carbonyl (C=O) groups is 2. The van der Waals surface area contributed by atoms with Crippen molar-refractivity contribution >= 4 is 23.4 Å². The SMILES string of the molecule is O=C(NCCc1ccc(O)c(O)c1)C1CCCN(C(=O)c2ccc(Cl)cc2)C1. The fourth-order valence-corrected chi connectivity index (χ4v) is 3.48. The normalized spacial score (nSPS) is 16.6. The molecule has 1 aliphatic heterocycles. The smallest absolute Gasteiger partial charge is 0.253 e. The fourth-order valence-electron chi connectivity index (χ4n) is 3.35. The van der Waals surface area contributed by atoms with E-state index in [1.165, 1.54) is 12.1 Å². The lowest BCUT2D eigenvalue weighted by Gasteiger charge is -2.32. The maximum absolute atomic E-state index is 12.6. The molecule has 0 radical (unpaired) electrons. The number of piperidine rings is 1. The van der Waals surface area contributed by atoms with Gasteiger partial charge in [-0.05, 0) is 61.2 Å². The van der Waals surface area contributed by atoms with E-state index in [4.69, 9.17) is 11.6 Å². The van der Waals surface area contributed by atoms with E-state index in [0.717, 1.165) is 18.4 Å². The van der Waals surface area contributed by atoms with Crippen molar-refractivity contribution in [3.63, 3.8) is 0 Å². The first-order valence-electron chi connectivity index (χ1n) is 9.27. The van der Waals surface area contributed by atoms with Crippen molar-refractivity contribution in [3.05, 3.63) is 58.6 Å². The van der Waals surface area contributed by atoms with E-state index in [0.29, 0.717) is 36.6 Å². The average Bonchev–Trinajstić information content (AvgIpc) is 2.70. The molecular weight excluding hydrogens is 380 g/mol. The molecule has 1 heterocycles. The van der Waals surface area contributed by atoms with Crippen molar-refractivity contribution in [1.82, 2.24) is 10.2 Å². The van der Waals surface area contributed by atoms with Crippen LogP contribution in [0.25, 0.3) is 0 Å². The van der Waals surface area contributed by atoms with Gasteiger partial charge in [0.05, 0.1) is 5.92 Å². The highest BCUT2D eigenvalue weighted by Crippen LogP contribution is 2.25. The predicted octanol–water partition coefficient (Wildman–Crippen LogP) is 2.96. The standard InChI is InChI=1S/C21H23ClN2O4/c22-17-6-4-15(5-7-17)21(28)24-11-1-2-16(13-24)20(27)23-10-9-14-3-8-18(25)19(26)12-14/h3-8,12,16,25-26H,1-2,9-11,13H2,(H,23,27). The molecule has 0 bridgehead atoms. The van der Waals surface area contributed by atoms with Gasteiger partial charge in [-0.3, -0.25) is 9.59 Å². The van der Waals surface area contributed by atoms with Crippen LogP contribution in [0, 0.1) is 5.92 Å². The number of amides is 2. The summed E-state index contributed by atoms with van der Waals surface area (Å²) in [6, 6.07) is 11.4. The highest BCUT2D eigenvalue weighted by atomic mass is 35.5. The number of hydrogen-bond acceptors (Lipinski definition) is 4. The molecule has 1 saturated heterocycles. The molecule has 3 rings (SSSR count). The highest BCUT2D eigenvalue weighted by molar-refractivity contribution is 6.30. The van der Waals surface area contributed by atoms with E-state index in [1.54, 1.807) is 35.2 Å². The molecule has 0 saturated carbocycles. The van der Waals surface area contributed by atoms with Gasteiger partial charge in [-0.2, -0.15) is 0 Å². The van der Waals surface area contributed by atoms with Gasteiger partial charge in [0.15, 0.2) is 11.5 Å². The number of nitrogens with zero attached hydrogens (tertiary/aromatic N) is 1. The van der Waals surface area contributed by atoms with E-state index in [9.17, 15) is 19.8 Å². The van der Waals surface area contributed by atoms with Crippen LogP contribution in [0.1, 0.15) is 28.8 Å². The summed E-state index contributed by atoms with van der Waals surface area (Å²) in [7, 11) is 0. The van der Waals surface area contributed by atoms with Crippen LogP contribution in [-0.2, 0) is 11.2 Å². The Bertz CT molecular complexity index is 854. The van der Waals surface area contributed by atoms with Crippen molar-refractivity contribution < 1.29 is 19.8 Å². The van der Waals surface area contributed by atoms with E-state index >= 15 is 0 Å². The van der Waals surface area contributed by atoms with Gasteiger partial charge < -0.3 is 20.4 Å². The number of likely N-dealkylation sites (tertiary alicyclic amines) is 1. The lowest BCUT2D eigenvalue weighted by molar-refractivity contribution is -0.126. The van der Waals surface area contributed by atoms with E-state index in [1.807, 2.05) is 0 Å². The number of phenolic OH excluding ortho intramolecular Hbond substituents is 2. The van der Waals surface area contributed by atoms with E-state index in [2.05, 4.69) is 5.32 Å². The number of hydrogen-bond donors (Lipinski definition) is 3. The molecule has 0 aromatic heterocycles. The monoisotopic (exact) mass is 402 g/mol. The summed E-state index contributed by atoms with van der Waals surface area (Å²) in [5, 5.41) is 22.3. The molecule has 1 unspecified atom stereocenters. The topological polar surface area (TPSA) is 89.9 Å². The molecule has 0 spiro atoms. The Balaban J connectivity index is 1.51. The third-order valence-corrected chi connectivity index (χ3v) is 5.18. The van der Waals surface area contributed by atoms with Gasteiger partial charge in [-0.25, -0.2) is 0 Å². The predicted molar refractivity (Wildman–Crippen MR) is 107 cm³/mol. The van der Waals surface area contributed by atoms with Crippen molar-refractivity contribution in [3.8, 4) is 11.5 Å². The lowest BCUT2D eigenvalue weighted by atomic mass is 9.96. The molecule has 1 fully saturated rings. The number of benzene rings is 2. The van der Waals surface area contributed by atoms with Crippen LogP contribution in [0.15, 0.2) is 42.5 Å². The Hall–Kier alpha value is -2.73. The minimum Gasteiger partial charge on any atom is -0.504 e. The third kappa shape index (κ3) is 4.95. The van der Waals surface area contributed by atoms with Gasteiger partial charge in [-0.1, -0.05) is 17.7 Å². The minimum atomic E-state index is -0.238. The zero-order valence-electron chi connectivity index (χ0n) is 15.4. The molecular formula is C21H23ClN2O4. The second-order valence-corrected chi connectivity index (χ2v) is 7.40. The Labute approximate surface area is 168 Å². The van der Waals surface area contributed by atoms with Gasteiger partial charge in [-0.15, -0.1) is 0 Å². The fraction of sp³-hybridized carbons (Fsp3) is 0.333. The molecule has 1 aliphatic rings. The number of halogens is 1. The van der Waals surface area contributed by atoms with Gasteiger partial charge in [0, 0.05) is 30.2 Å². The highest BCUT2D eigenvalue weighted by Gasteiger charge is 2.28. The van der Waals surface area contributed by atoms with Gasteiger partial charge in [0.1, 0.15) is 0 Å². The lowest BCUT2D eigenvalue weighted by Crippen LogP contribution is -2.45. The number of nitrogens with one attached hydrogen (secondary N) is 1. The zero-order valence-corrected chi connectivity index (χ0v) is 16.2. The maximum Gasteiger partial charge on any atom is 0.253 e. The largest absolute Gasteiger partial charge is 0.504 e. The summed E-state index contributed by atoms with van der Waals surface area (Å²) in [5.41, 5.74) is 1.39. The van der Waals surface area contributed by atoms with Crippen molar-refractivity contribution in [2.45, 2.75) is 19.3 Å². The minimum absolute atomic E-state index is 0.0726. The Morgan fingerprint density at radius 1 is 1.11 bits per heavy atom. The number of carbonyl (C=O) groups excluding carboxylic acids is 2. The first-order valence-corrected chi connectivity index (χ1v) is 9.65. The molecule has 2 aromatic rings. The third-order valence-electron chi connectivity index (χ3n) is 4.92. The molecule has 28 heavy (non-hydrogen) atoms. The van der Waals surface area contributed by atoms with Crippen LogP contribution in [0.5, 0.6) is 11.5 Å². The van der Waals surface area contributed by atoms with Crippen LogP contribution in [0.4, 0.5) is 0 Å². The zero-order chi connectivity index (χ0) is 20.1. The number of aromatic hydroxyl groups is 2. The summed E-state index contributed by atoms with van der Waals surface area (Å²) in [6.45, 7) is 1.45. The van der Waals surface area contributed by atoms with Crippen LogP contribution in [0.3, 0.4) is 0 Å². The second-order valence-electron chi connectivity index (χ2n) is 6.96. The second kappa shape index (κ2) is 8.97. The Kier molecular flexibility index (Phi) is 6.41. The van der Waals surface area contributed by atoms with Crippen molar-refractivity contribution in [2.24, 2.45) is 5.92 Å². The molecule has 6 nitrogen and oxygen atoms in total. The van der Waals surface area contributed by atoms with Crippen molar-refractivity contribution in [2.75, 3.05) is 19.6 Å². The summed E-state index contributed by atoms with van der Waals surface area (Å²) >= 11 is 5.87. The molecule has 148 valence electrons. The van der Waals surface area contributed by atoms with E-state index < -0.39 is 0 Å². The summed E-state index contributed by atoms with van der Waals surface area (Å²) in [6.07, 6.45) is 2.07. The molecule has 7 heteroatoms. The molecule has 2 aromatic carbocycles. The Morgan fingerprint density at radius 2 is 1.86 bits per heavy atom. The number of rotatable bonds is 5. The average molecular weight is 403 g/mol. The molecule has 2 amide bonds. The summed E-state index contributed by atoms with van der Waals surface area (Å²) < 4.78 is 0. The Morgan fingerprint density at radius 3 is 2.57 bits per heavy atom. The quantitative estimate of drug-likeness (QED) is 0.671. The maximum atomic E-state index is 12.6. The van der Waals surface area contributed by atoms with Crippen molar-refractivity contribution in [1.29, 1.82) is 0 Å². The van der Waals surface area contributed by atoms with E-state index in [-0.39, 0.29) is 29.2 Å². The van der Waals surface area contributed by atoms with Gasteiger partial charge in [0.25, 0.3) is 5.91 Å². The first kappa shape index (κ1) is 20.0. The van der Waals surface area contributed by atoms with Crippen LogP contribution >= 0.6 is 11.6 Å². The van der Waals surface area contributed by atoms with Crippen LogP contribution in [0.2, 0.25) is 5.02 Å². The number of phenols is 2. The van der Waals surface area contributed by atoms with Gasteiger partial charge >= 0.3 is 0 Å². The molecule has 1 atom stereocenters. The molecule has 3 N–H and O–H groups in total. The molecule has 0 aliphatic carbocycles.